The van der Waals surface area contributed by atoms with E-state index in [2.05, 4.69) is 46.0 Å². The number of hydrogen-bond donors (Lipinski definition) is 2. The molecule has 0 atom stereocenters. The van der Waals surface area contributed by atoms with Gasteiger partial charge in [0.05, 0.1) is 20.3 Å². The van der Waals surface area contributed by atoms with Crippen LogP contribution < -0.4 is 15.4 Å². The minimum atomic E-state index is 0.629. The highest BCUT2D eigenvalue weighted by Crippen LogP contribution is 2.18. The van der Waals surface area contributed by atoms with Crippen LogP contribution in [0.4, 0.5) is 0 Å². The van der Waals surface area contributed by atoms with Crippen molar-refractivity contribution in [1.29, 1.82) is 0 Å². The number of aliphatic imine (C=N–C) groups is 1. The number of nitrogens with one attached hydrogen (secondary N) is 2. The number of guanidine groups is 1. The Morgan fingerprint density at radius 3 is 2.50 bits per heavy atom. The SMILES string of the molecule is CN=C(NCCOCc1ccccc1)NCCc1ccc(C)c(OC)c1. The zero-order chi connectivity index (χ0) is 18.6. The van der Waals surface area contributed by atoms with Gasteiger partial charge < -0.3 is 20.1 Å². The molecule has 0 saturated heterocycles. The molecule has 0 heterocycles. The Balaban J connectivity index is 1.63. The largest absolute Gasteiger partial charge is 0.496 e. The van der Waals surface area contributed by atoms with Crippen LogP contribution in [0.3, 0.4) is 0 Å². The topological polar surface area (TPSA) is 54.9 Å². The van der Waals surface area contributed by atoms with Crippen LogP contribution in [0.2, 0.25) is 0 Å². The molecule has 0 aliphatic heterocycles. The average Bonchev–Trinajstić information content (AvgIpc) is 2.68. The number of rotatable bonds is 9. The lowest BCUT2D eigenvalue weighted by atomic mass is 10.1. The molecule has 2 aromatic rings. The highest BCUT2D eigenvalue weighted by molar-refractivity contribution is 5.79. The minimum absolute atomic E-state index is 0.629. The third kappa shape index (κ3) is 6.76. The first kappa shape index (κ1) is 19.8. The van der Waals surface area contributed by atoms with Gasteiger partial charge in [-0.25, -0.2) is 0 Å². The smallest absolute Gasteiger partial charge is 0.191 e. The van der Waals surface area contributed by atoms with Crippen LogP contribution in [0.15, 0.2) is 53.5 Å². The highest BCUT2D eigenvalue weighted by atomic mass is 16.5. The molecule has 2 aromatic carbocycles. The van der Waals surface area contributed by atoms with Crippen molar-refractivity contribution in [3.8, 4) is 5.75 Å². The number of aryl methyl sites for hydroxylation is 1. The van der Waals surface area contributed by atoms with Gasteiger partial charge in [0.15, 0.2) is 5.96 Å². The summed E-state index contributed by atoms with van der Waals surface area (Å²) in [5, 5.41) is 6.58. The molecule has 140 valence electrons. The van der Waals surface area contributed by atoms with Gasteiger partial charge in [0, 0.05) is 20.1 Å². The molecular formula is C21H29N3O2. The van der Waals surface area contributed by atoms with Crippen LogP contribution >= 0.6 is 0 Å². The predicted octanol–water partition coefficient (Wildman–Crippen LogP) is 2.93. The molecule has 5 nitrogen and oxygen atoms in total. The second-order valence-electron chi connectivity index (χ2n) is 6.02. The van der Waals surface area contributed by atoms with Gasteiger partial charge in [0.1, 0.15) is 5.75 Å². The van der Waals surface area contributed by atoms with E-state index in [-0.39, 0.29) is 0 Å². The quantitative estimate of drug-likeness (QED) is 0.413. The van der Waals surface area contributed by atoms with Gasteiger partial charge in [-0.3, -0.25) is 4.99 Å². The van der Waals surface area contributed by atoms with Gasteiger partial charge in [-0.05, 0) is 36.1 Å². The van der Waals surface area contributed by atoms with Crippen LogP contribution in [-0.2, 0) is 17.8 Å². The van der Waals surface area contributed by atoms with E-state index in [0.717, 1.165) is 30.2 Å². The van der Waals surface area contributed by atoms with E-state index in [1.807, 2.05) is 25.1 Å². The van der Waals surface area contributed by atoms with Crippen LogP contribution in [0.25, 0.3) is 0 Å². The van der Waals surface area contributed by atoms with E-state index < -0.39 is 0 Å². The zero-order valence-electron chi connectivity index (χ0n) is 15.9. The third-order valence-electron chi connectivity index (χ3n) is 4.05. The molecule has 5 heteroatoms. The number of methoxy groups -OCH3 is 1. The molecule has 0 amide bonds. The van der Waals surface area contributed by atoms with Gasteiger partial charge in [-0.15, -0.1) is 0 Å². The molecule has 0 unspecified atom stereocenters. The maximum absolute atomic E-state index is 5.67. The van der Waals surface area contributed by atoms with Gasteiger partial charge in [-0.1, -0.05) is 42.5 Å². The Kier molecular flexibility index (Phi) is 8.49. The molecule has 0 radical (unpaired) electrons. The van der Waals surface area contributed by atoms with E-state index >= 15 is 0 Å². The van der Waals surface area contributed by atoms with Gasteiger partial charge in [-0.2, -0.15) is 0 Å². The lowest BCUT2D eigenvalue weighted by Crippen LogP contribution is -2.39. The van der Waals surface area contributed by atoms with Crippen LogP contribution in [0, 0.1) is 6.92 Å². The third-order valence-corrected chi connectivity index (χ3v) is 4.05. The van der Waals surface area contributed by atoms with Crippen molar-refractivity contribution in [1.82, 2.24) is 10.6 Å². The number of ether oxygens (including phenoxy) is 2. The van der Waals surface area contributed by atoms with Crippen LogP contribution in [0.1, 0.15) is 16.7 Å². The normalized spacial score (nSPS) is 11.3. The summed E-state index contributed by atoms with van der Waals surface area (Å²) >= 11 is 0. The second-order valence-corrected chi connectivity index (χ2v) is 6.02. The molecule has 0 aliphatic carbocycles. The molecule has 2 rings (SSSR count). The molecule has 0 fully saturated rings. The molecule has 26 heavy (non-hydrogen) atoms. The highest BCUT2D eigenvalue weighted by Gasteiger charge is 2.02. The average molecular weight is 355 g/mol. The molecular weight excluding hydrogens is 326 g/mol. The van der Waals surface area contributed by atoms with Crippen molar-refractivity contribution < 1.29 is 9.47 Å². The van der Waals surface area contributed by atoms with E-state index in [1.54, 1.807) is 14.2 Å². The van der Waals surface area contributed by atoms with Crippen molar-refractivity contribution in [2.75, 3.05) is 33.9 Å². The lowest BCUT2D eigenvalue weighted by molar-refractivity contribution is 0.125. The molecule has 0 bridgehead atoms. The van der Waals surface area contributed by atoms with Crippen molar-refractivity contribution in [2.45, 2.75) is 20.0 Å². The molecule has 0 aromatic heterocycles. The first-order valence-corrected chi connectivity index (χ1v) is 8.92. The van der Waals surface area contributed by atoms with Crippen LogP contribution in [-0.4, -0.2) is 39.8 Å². The minimum Gasteiger partial charge on any atom is -0.496 e. The molecule has 2 N–H and O–H groups in total. The maximum Gasteiger partial charge on any atom is 0.191 e. The summed E-state index contributed by atoms with van der Waals surface area (Å²) in [6.07, 6.45) is 0.905. The Hall–Kier alpha value is -2.53. The predicted molar refractivity (Wildman–Crippen MR) is 107 cm³/mol. The van der Waals surface area contributed by atoms with Crippen molar-refractivity contribution >= 4 is 5.96 Å². The summed E-state index contributed by atoms with van der Waals surface area (Å²) in [7, 11) is 3.48. The summed E-state index contributed by atoms with van der Waals surface area (Å²) in [5.41, 5.74) is 3.57. The van der Waals surface area contributed by atoms with Gasteiger partial charge in [0.2, 0.25) is 0 Å². The number of benzene rings is 2. The Labute approximate surface area is 156 Å². The zero-order valence-corrected chi connectivity index (χ0v) is 15.9. The maximum atomic E-state index is 5.67. The van der Waals surface area contributed by atoms with Crippen LogP contribution in [0.5, 0.6) is 5.75 Å². The Morgan fingerprint density at radius 2 is 1.77 bits per heavy atom. The van der Waals surface area contributed by atoms with Gasteiger partial charge in [0.25, 0.3) is 0 Å². The van der Waals surface area contributed by atoms with E-state index in [1.165, 1.54) is 11.1 Å². The van der Waals surface area contributed by atoms with E-state index in [0.29, 0.717) is 19.8 Å². The fourth-order valence-corrected chi connectivity index (χ4v) is 2.57. The Bertz CT molecular complexity index is 687. The summed E-state index contributed by atoms with van der Waals surface area (Å²) < 4.78 is 11.0. The van der Waals surface area contributed by atoms with E-state index in [9.17, 15) is 0 Å². The van der Waals surface area contributed by atoms with Crippen molar-refractivity contribution in [3.63, 3.8) is 0 Å². The van der Waals surface area contributed by atoms with Crippen molar-refractivity contribution in [2.24, 2.45) is 4.99 Å². The number of hydrogen-bond acceptors (Lipinski definition) is 3. The summed E-state index contributed by atoms with van der Waals surface area (Å²) in [6.45, 7) is 4.82. The Morgan fingerprint density at radius 1 is 1.00 bits per heavy atom. The first-order chi connectivity index (χ1) is 12.7. The summed E-state index contributed by atoms with van der Waals surface area (Å²) in [6, 6.07) is 16.5. The fraction of sp³-hybridized carbons (Fsp3) is 0.381. The lowest BCUT2D eigenvalue weighted by Gasteiger charge is -2.13. The molecule has 0 saturated carbocycles. The summed E-state index contributed by atoms with van der Waals surface area (Å²) in [4.78, 5) is 4.24. The van der Waals surface area contributed by atoms with Crippen molar-refractivity contribution in [3.05, 3.63) is 65.2 Å². The molecule has 0 aliphatic rings. The molecule has 0 spiro atoms. The van der Waals surface area contributed by atoms with Gasteiger partial charge >= 0.3 is 0 Å². The first-order valence-electron chi connectivity index (χ1n) is 8.92. The number of nitrogens with zero attached hydrogens (tertiary/aromatic N) is 1. The summed E-state index contributed by atoms with van der Waals surface area (Å²) in [5.74, 6) is 1.72. The monoisotopic (exact) mass is 355 g/mol. The van der Waals surface area contributed by atoms with E-state index in [4.69, 9.17) is 9.47 Å². The fourth-order valence-electron chi connectivity index (χ4n) is 2.57. The second kappa shape index (κ2) is 11.2. The standard InChI is InChI=1S/C21H29N3O2/c1-17-9-10-18(15-20(17)25-3)11-12-23-21(22-2)24-13-14-26-16-19-7-5-4-6-8-19/h4-10,15H,11-14,16H2,1-3H3,(H2,22,23,24).